The van der Waals surface area contributed by atoms with Crippen molar-refractivity contribution in [3.63, 3.8) is 0 Å². The van der Waals surface area contributed by atoms with Gasteiger partial charge in [-0.3, -0.25) is 0 Å². The van der Waals surface area contributed by atoms with E-state index in [1.165, 1.54) is 0 Å². The van der Waals surface area contributed by atoms with E-state index in [-0.39, 0.29) is 6.61 Å². The maximum absolute atomic E-state index is 9.09. The molecule has 0 radical (unpaired) electrons. The average molecular weight is 258 g/mol. The highest BCUT2D eigenvalue weighted by molar-refractivity contribution is 5.26. The number of nitrogens with zero attached hydrogens (tertiary/aromatic N) is 1. The zero-order valence-corrected chi connectivity index (χ0v) is 11.0. The number of pyridine rings is 1. The van der Waals surface area contributed by atoms with Crippen LogP contribution in [0.15, 0.2) is 42.6 Å². The number of rotatable bonds is 6. The molecule has 2 aromatic rings. The van der Waals surface area contributed by atoms with Crippen molar-refractivity contribution in [2.24, 2.45) is 0 Å². The molecule has 2 rings (SSSR count). The maximum atomic E-state index is 9.09. The molecule has 4 heteroatoms. The van der Waals surface area contributed by atoms with Gasteiger partial charge in [-0.25, -0.2) is 4.98 Å². The summed E-state index contributed by atoms with van der Waals surface area (Å²) in [5, 5.41) is 12.4. The number of ether oxygens (including phenoxy) is 1. The Balaban J connectivity index is 1.92. The zero-order chi connectivity index (χ0) is 13.5. The van der Waals surface area contributed by atoms with Crippen LogP contribution < -0.4 is 10.1 Å². The van der Waals surface area contributed by atoms with Crippen LogP contribution in [-0.4, -0.2) is 17.2 Å². The summed E-state index contributed by atoms with van der Waals surface area (Å²) < 4.78 is 5.20. The first-order valence-electron chi connectivity index (χ1n) is 6.20. The molecule has 0 saturated heterocycles. The molecule has 1 heterocycles. The van der Waals surface area contributed by atoms with E-state index in [9.17, 15) is 0 Å². The van der Waals surface area contributed by atoms with E-state index in [4.69, 9.17) is 9.84 Å². The topological polar surface area (TPSA) is 54.4 Å². The van der Waals surface area contributed by atoms with Gasteiger partial charge in [0.25, 0.3) is 0 Å². The summed E-state index contributed by atoms with van der Waals surface area (Å²) >= 11 is 0. The third-order valence-corrected chi connectivity index (χ3v) is 2.86. The van der Waals surface area contributed by atoms with E-state index in [2.05, 4.69) is 10.3 Å². The Morgan fingerprint density at radius 3 is 2.79 bits per heavy atom. The lowest BCUT2D eigenvalue weighted by Crippen LogP contribution is -2.13. The van der Waals surface area contributed by atoms with Crippen LogP contribution in [0.3, 0.4) is 0 Å². The summed E-state index contributed by atoms with van der Waals surface area (Å²) in [5.41, 5.74) is 3.11. The fourth-order valence-corrected chi connectivity index (χ4v) is 1.92. The fourth-order valence-electron chi connectivity index (χ4n) is 1.92. The predicted octanol–water partition coefficient (Wildman–Crippen LogP) is 1.87. The van der Waals surface area contributed by atoms with Crippen LogP contribution in [0.25, 0.3) is 0 Å². The smallest absolute Gasteiger partial charge is 0.217 e. The van der Waals surface area contributed by atoms with Crippen molar-refractivity contribution in [1.82, 2.24) is 10.3 Å². The monoisotopic (exact) mass is 258 g/mol. The van der Waals surface area contributed by atoms with Crippen LogP contribution in [0.4, 0.5) is 0 Å². The summed E-state index contributed by atoms with van der Waals surface area (Å²) in [6, 6.07) is 11.8. The molecule has 0 spiro atoms. The van der Waals surface area contributed by atoms with Gasteiger partial charge in [0.15, 0.2) is 0 Å². The summed E-state index contributed by atoms with van der Waals surface area (Å²) in [5.74, 6) is 0.652. The van der Waals surface area contributed by atoms with Crippen LogP contribution in [0.2, 0.25) is 0 Å². The van der Waals surface area contributed by atoms with Crippen molar-refractivity contribution >= 4 is 0 Å². The van der Waals surface area contributed by atoms with E-state index >= 15 is 0 Å². The van der Waals surface area contributed by atoms with Crippen molar-refractivity contribution in [3.05, 3.63) is 59.3 Å². The second kappa shape index (κ2) is 6.87. The predicted molar refractivity (Wildman–Crippen MR) is 73.7 cm³/mol. The lowest BCUT2D eigenvalue weighted by molar-refractivity contribution is 0.281. The molecule has 4 nitrogen and oxygen atoms in total. The number of nitrogens with one attached hydrogen (secondary N) is 1. The van der Waals surface area contributed by atoms with E-state index < -0.39 is 0 Å². The van der Waals surface area contributed by atoms with Gasteiger partial charge < -0.3 is 15.2 Å². The van der Waals surface area contributed by atoms with Crippen molar-refractivity contribution in [2.75, 3.05) is 7.11 Å². The minimum Gasteiger partial charge on any atom is -0.481 e. The highest BCUT2D eigenvalue weighted by Gasteiger charge is 2.02. The molecule has 2 N–H and O–H groups in total. The Kier molecular flexibility index (Phi) is 4.89. The highest BCUT2D eigenvalue weighted by atomic mass is 16.5. The van der Waals surface area contributed by atoms with E-state index in [1.54, 1.807) is 13.3 Å². The molecular formula is C15H18N2O2. The number of methoxy groups -OCH3 is 1. The van der Waals surface area contributed by atoms with Crippen LogP contribution in [0.5, 0.6) is 5.88 Å². The number of aliphatic hydroxyl groups excluding tert-OH is 1. The Morgan fingerprint density at radius 2 is 2.00 bits per heavy atom. The van der Waals surface area contributed by atoms with Gasteiger partial charge in [0, 0.05) is 24.8 Å². The third kappa shape index (κ3) is 3.77. The highest BCUT2D eigenvalue weighted by Crippen LogP contribution is 2.13. The largest absolute Gasteiger partial charge is 0.481 e. The summed E-state index contributed by atoms with van der Waals surface area (Å²) in [4.78, 5) is 4.15. The molecule has 100 valence electrons. The van der Waals surface area contributed by atoms with Crippen LogP contribution in [0.1, 0.15) is 16.7 Å². The Hall–Kier alpha value is -1.91. The maximum Gasteiger partial charge on any atom is 0.217 e. The van der Waals surface area contributed by atoms with Crippen LogP contribution in [-0.2, 0) is 19.7 Å². The van der Waals surface area contributed by atoms with Gasteiger partial charge >= 0.3 is 0 Å². The minimum atomic E-state index is 0.0737. The minimum absolute atomic E-state index is 0.0737. The molecule has 0 aliphatic rings. The summed E-state index contributed by atoms with van der Waals surface area (Å²) in [6.07, 6.45) is 1.72. The lowest BCUT2D eigenvalue weighted by atomic mass is 10.1. The Bertz CT molecular complexity index is 529. The van der Waals surface area contributed by atoms with E-state index in [0.29, 0.717) is 12.4 Å². The van der Waals surface area contributed by atoms with Crippen molar-refractivity contribution in [3.8, 4) is 5.88 Å². The molecule has 1 aromatic carbocycles. The molecule has 0 fully saturated rings. The first-order valence-corrected chi connectivity index (χ1v) is 6.20. The molecule has 0 amide bonds. The lowest BCUT2D eigenvalue weighted by Gasteiger charge is -2.09. The average Bonchev–Trinajstić information content (AvgIpc) is 2.48. The molecule has 0 aliphatic carbocycles. The van der Waals surface area contributed by atoms with Gasteiger partial charge in [0.1, 0.15) is 0 Å². The molecule has 0 aliphatic heterocycles. The third-order valence-electron chi connectivity index (χ3n) is 2.86. The van der Waals surface area contributed by atoms with Crippen molar-refractivity contribution in [2.45, 2.75) is 19.7 Å². The second-order valence-electron chi connectivity index (χ2n) is 4.25. The van der Waals surface area contributed by atoms with E-state index in [0.717, 1.165) is 23.2 Å². The van der Waals surface area contributed by atoms with Gasteiger partial charge in [-0.2, -0.15) is 0 Å². The molecule has 0 bridgehead atoms. The first-order chi connectivity index (χ1) is 9.33. The van der Waals surface area contributed by atoms with E-state index in [1.807, 2.05) is 36.4 Å². The number of benzene rings is 1. The quantitative estimate of drug-likeness (QED) is 0.830. The molecule has 1 aromatic heterocycles. The van der Waals surface area contributed by atoms with Gasteiger partial charge in [-0.15, -0.1) is 0 Å². The van der Waals surface area contributed by atoms with Crippen molar-refractivity contribution in [1.29, 1.82) is 0 Å². The van der Waals surface area contributed by atoms with Crippen molar-refractivity contribution < 1.29 is 9.84 Å². The molecule has 0 atom stereocenters. The molecular weight excluding hydrogens is 240 g/mol. The van der Waals surface area contributed by atoms with Gasteiger partial charge in [-0.1, -0.05) is 30.3 Å². The SMILES string of the molecule is COc1ncccc1CNCc1cccc(CO)c1. The number of aliphatic hydroxyl groups is 1. The molecule has 0 saturated carbocycles. The van der Waals surface area contributed by atoms with Crippen LogP contribution >= 0.6 is 0 Å². The van der Waals surface area contributed by atoms with Gasteiger partial charge in [-0.05, 0) is 17.2 Å². The summed E-state index contributed by atoms with van der Waals surface area (Å²) in [6.45, 7) is 1.51. The molecule has 0 unspecified atom stereocenters. The standard InChI is InChI=1S/C15H18N2O2/c1-19-15-14(6-3-7-17-15)10-16-9-12-4-2-5-13(8-12)11-18/h2-8,16,18H,9-11H2,1H3. The number of hydrogen-bond donors (Lipinski definition) is 2. The Morgan fingerprint density at radius 1 is 1.16 bits per heavy atom. The summed E-state index contributed by atoms with van der Waals surface area (Å²) in [7, 11) is 1.62. The van der Waals surface area contributed by atoms with Gasteiger partial charge in [0.2, 0.25) is 5.88 Å². The first kappa shape index (κ1) is 13.5. The number of hydrogen-bond acceptors (Lipinski definition) is 4. The Labute approximate surface area is 113 Å². The van der Waals surface area contributed by atoms with Gasteiger partial charge in [0.05, 0.1) is 13.7 Å². The van der Waals surface area contributed by atoms with Crippen LogP contribution in [0, 0.1) is 0 Å². The zero-order valence-electron chi connectivity index (χ0n) is 11.0. The normalized spacial score (nSPS) is 10.4. The second-order valence-corrected chi connectivity index (χ2v) is 4.25. The number of aromatic nitrogens is 1. The fraction of sp³-hybridized carbons (Fsp3) is 0.267. The molecule has 19 heavy (non-hydrogen) atoms.